The minimum absolute atomic E-state index is 0.113. The number of hydrogen-bond donors (Lipinski definition) is 1. The number of aliphatic hydroxyl groups is 1. The van der Waals surface area contributed by atoms with Crippen LogP contribution in [0.3, 0.4) is 0 Å². The van der Waals surface area contributed by atoms with E-state index in [9.17, 15) is 5.11 Å². The average molecular weight is 270 g/mol. The van der Waals surface area contributed by atoms with Crippen molar-refractivity contribution in [2.45, 2.75) is 65.6 Å². The molecule has 0 fully saturated rings. The summed E-state index contributed by atoms with van der Waals surface area (Å²) in [5.74, 6) is 0. The van der Waals surface area contributed by atoms with Crippen LogP contribution in [-0.2, 0) is 12.0 Å². The molecule has 0 aliphatic rings. The van der Waals surface area contributed by atoms with E-state index >= 15 is 0 Å². The molecule has 0 saturated carbocycles. The fourth-order valence-corrected chi connectivity index (χ4v) is 2.74. The van der Waals surface area contributed by atoms with Gasteiger partial charge in [-0.15, -0.1) is 11.3 Å². The summed E-state index contributed by atoms with van der Waals surface area (Å²) < 4.78 is 0. The highest BCUT2D eigenvalue weighted by molar-refractivity contribution is 7.09. The third kappa shape index (κ3) is 4.67. The molecule has 0 bridgehead atoms. The van der Waals surface area contributed by atoms with E-state index in [0.29, 0.717) is 12.6 Å². The predicted molar refractivity (Wildman–Crippen MR) is 78.0 cm³/mol. The summed E-state index contributed by atoms with van der Waals surface area (Å²) in [5, 5.41) is 12.8. The Hall–Kier alpha value is -0.450. The number of thiazole rings is 1. The zero-order valence-electron chi connectivity index (χ0n) is 12.4. The fourth-order valence-electron chi connectivity index (χ4n) is 1.70. The Morgan fingerprint density at radius 1 is 1.33 bits per heavy atom. The summed E-state index contributed by atoms with van der Waals surface area (Å²) in [7, 11) is 0. The highest BCUT2D eigenvalue weighted by Gasteiger charge is 2.19. The van der Waals surface area contributed by atoms with Gasteiger partial charge in [0, 0.05) is 23.4 Å². The van der Waals surface area contributed by atoms with Crippen LogP contribution in [0.4, 0.5) is 0 Å². The van der Waals surface area contributed by atoms with Crippen molar-refractivity contribution < 1.29 is 5.11 Å². The van der Waals surface area contributed by atoms with Crippen LogP contribution < -0.4 is 0 Å². The number of aliphatic hydroxyl groups excluding tert-OH is 1. The molecule has 1 aromatic rings. The molecule has 3 nitrogen and oxygen atoms in total. The highest BCUT2D eigenvalue weighted by Crippen LogP contribution is 2.24. The molecule has 1 rings (SSSR count). The third-order valence-electron chi connectivity index (χ3n) is 2.89. The van der Waals surface area contributed by atoms with Gasteiger partial charge < -0.3 is 5.11 Å². The molecular formula is C14H26N2OS. The Kier molecular flexibility index (Phi) is 5.32. The second kappa shape index (κ2) is 6.13. The molecule has 0 aromatic carbocycles. The minimum atomic E-state index is -0.297. The number of rotatable bonds is 5. The molecule has 1 heterocycles. The third-order valence-corrected chi connectivity index (χ3v) is 3.72. The topological polar surface area (TPSA) is 36.4 Å². The molecule has 18 heavy (non-hydrogen) atoms. The predicted octanol–water partition coefficient (Wildman–Crippen LogP) is 3.03. The van der Waals surface area contributed by atoms with E-state index in [0.717, 1.165) is 17.2 Å². The van der Waals surface area contributed by atoms with Gasteiger partial charge in [-0.1, -0.05) is 20.8 Å². The van der Waals surface area contributed by atoms with Gasteiger partial charge in [-0.25, -0.2) is 4.98 Å². The molecule has 1 aromatic heterocycles. The molecule has 0 aliphatic carbocycles. The van der Waals surface area contributed by atoms with Crippen molar-refractivity contribution in [3.63, 3.8) is 0 Å². The first-order valence-corrected chi connectivity index (χ1v) is 7.45. The van der Waals surface area contributed by atoms with E-state index in [-0.39, 0.29) is 11.5 Å². The van der Waals surface area contributed by atoms with Crippen molar-refractivity contribution in [2.75, 3.05) is 6.54 Å². The average Bonchev–Trinajstić information content (AvgIpc) is 2.63. The standard InChI is InChI=1S/C14H26N2OS/c1-10(2)16(7-11(3)17)8-13-15-12(9-18-13)14(4,5)6/h9-11,17H,7-8H2,1-6H3. The summed E-state index contributed by atoms with van der Waals surface area (Å²) in [6, 6.07) is 0.418. The van der Waals surface area contributed by atoms with Gasteiger partial charge in [-0.2, -0.15) is 0 Å². The van der Waals surface area contributed by atoms with Gasteiger partial charge in [-0.3, -0.25) is 4.90 Å². The maximum Gasteiger partial charge on any atom is 0.107 e. The maximum absolute atomic E-state index is 9.53. The van der Waals surface area contributed by atoms with E-state index in [1.54, 1.807) is 11.3 Å². The molecule has 0 amide bonds. The van der Waals surface area contributed by atoms with Gasteiger partial charge in [0.15, 0.2) is 0 Å². The quantitative estimate of drug-likeness (QED) is 0.893. The van der Waals surface area contributed by atoms with Gasteiger partial charge in [0.2, 0.25) is 0 Å². The van der Waals surface area contributed by atoms with E-state index in [4.69, 9.17) is 4.98 Å². The molecule has 104 valence electrons. The van der Waals surface area contributed by atoms with Crippen molar-refractivity contribution in [1.82, 2.24) is 9.88 Å². The largest absolute Gasteiger partial charge is 0.392 e. The zero-order chi connectivity index (χ0) is 13.9. The second-order valence-electron chi connectivity index (χ2n) is 6.25. The Balaban J connectivity index is 2.73. The van der Waals surface area contributed by atoms with Crippen LogP contribution in [0.25, 0.3) is 0 Å². The monoisotopic (exact) mass is 270 g/mol. The Bertz CT molecular complexity index is 366. The van der Waals surface area contributed by atoms with Gasteiger partial charge in [-0.05, 0) is 20.8 Å². The van der Waals surface area contributed by atoms with Gasteiger partial charge >= 0.3 is 0 Å². The zero-order valence-corrected chi connectivity index (χ0v) is 13.2. The summed E-state index contributed by atoms with van der Waals surface area (Å²) in [4.78, 5) is 6.97. The summed E-state index contributed by atoms with van der Waals surface area (Å²) >= 11 is 1.71. The van der Waals surface area contributed by atoms with E-state index in [2.05, 4.69) is 44.9 Å². The molecule has 0 aliphatic heterocycles. The van der Waals surface area contributed by atoms with Gasteiger partial charge in [0.25, 0.3) is 0 Å². The Morgan fingerprint density at radius 2 is 1.94 bits per heavy atom. The number of hydrogen-bond acceptors (Lipinski definition) is 4. The highest BCUT2D eigenvalue weighted by atomic mass is 32.1. The van der Waals surface area contributed by atoms with Crippen molar-refractivity contribution in [3.8, 4) is 0 Å². The van der Waals surface area contributed by atoms with Crippen molar-refractivity contribution in [1.29, 1.82) is 0 Å². The van der Waals surface area contributed by atoms with E-state index < -0.39 is 0 Å². The van der Waals surface area contributed by atoms with E-state index in [1.807, 2.05) is 6.92 Å². The molecule has 0 radical (unpaired) electrons. The van der Waals surface area contributed by atoms with Crippen LogP contribution in [-0.4, -0.2) is 33.7 Å². The van der Waals surface area contributed by atoms with Crippen LogP contribution >= 0.6 is 11.3 Å². The maximum atomic E-state index is 9.53. The summed E-state index contributed by atoms with van der Waals surface area (Å²) in [6.07, 6.45) is -0.297. The van der Waals surface area contributed by atoms with Crippen molar-refractivity contribution in [2.24, 2.45) is 0 Å². The molecule has 0 spiro atoms. The van der Waals surface area contributed by atoms with Crippen LogP contribution in [0, 0.1) is 0 Å². The molecule has 1 unspecified atom stereocenters. The first kappa shape index (κ1) is 15.6. The van der Waals surface area contributed by atoms with Gasteiger partial charge in [0.05, 0.1) is 18.3 Å². The SMILES string of the molecule is CC(O)CN(Cc1nc(C(C)(C)C)cs1)C(C)C. The lowest BCUT2D eigenvalue weighted by atomic mass is 9.93. The smallest absolute Gasteiger partial charge is 0.107 e. The molecular weight excluding hydrogens is 244 g/mol. The fraction of sp³-hybridized carbons (Fsp3) is 0.786. The lowest BCUT2D eigenvalue weighted by molar-refractivity contribution is 0.103. The van der Waals surface area contributed by atoms with E-state index in [1.165, 1.54) is 0 Å². The molecule has 1 N–H and O–H groups in total. The van der Waals surface area contributed by atoms with Crippen LogP contribution in [0.5, 0.6) is 0 Å². The first-order valence-electron chi connectivity index (χ1n) is 6.57. The van der Waals surface area contributed by atoms with Crippen LogP contribution in [0.1, 0.15) is 52.2 Å². The normalized spacial score (nSPS) is 14.5. The second-order valence-corrected chi connectivity index (χ2v) is 7.19. The first-order chi connectivity index (χ1) is 8.20. The molecule has 4 heteroatoms. The van der Waals surface area contributed by atoms with Crippen molar-refractivity contribution >= 4 is 11.3 Å². The number of nitrogens with zero attached hydrogens (tertiary/aromatic N) is 2. The van der Waals surface area contributed by atoms with Crippen molar-refractivity contribution in [3.05, 3.63) is 16.1 Å². The Labute approximate surface area is 115 Å². The summed E-state index contributed by atoms with van der Waals surface area (Å²) in [5.41, 5.74) is 1.27. The lowest BCUT2D eigenvalue weighted by Gasteiger charge is -2.26. The van der Waals surface area contributed by atoms with Gasteiger partial charge in [0.1, 0.15) is 5.01 Å². The van der Waals surface area contributed by atoms with Crippen LogP contribution in [0.2, 0.25) is 0 Å². The molecule has 1 atom stereocenters. The minimum Gasteiger partial charge on any atom is -0.392 e. The van der Waals surface area contributed by atoms with Crippen LogP contribution in [0.15, 0.2) is 5.38 Å². The number of aromatic nitrogens is 1. The Morgan fingerprint density at radius 3 is 2.33 bits per heavy atom. The summed E-state index contributed by atoms with van der Waals surface area (Å²) in [6.45, 7) is 14.2. The molecule has 0 saturated heterocycles. The lowest BCUT2D eigenvalue weighted by Crippen LogP contribution is -2.36.